The number of rotatable bonds is 3. The van der Waals surface area contributed by atoms with Crippen LogP contribution < -0.4 is 0 Å². The standard InChI is InChI=1S/C18H20N4O4/c1-10-4-20-11(5-19-10)6-22-9-18-3-2-13(26-18)14(15(18)17(22)25)16(24)21-7-12(23)8-21/h2-5,12-15,23H,6-9H2,1H3/t13-,14-,15+,18-/m0/s1. The predicted molar refractivity (Wildman–Crippen MR) is 88.5 cm³/mol. The Hall–Kier alpha value is -2.32. The van der Waals surface area contributed by atoms with Crippen LogP contribution in [0, 0.1) is 18.8 Å². The maximum Gasteiger partial charge on any atom is 0.230 e. The summed E-state index contributed by atoms with van der Waals surface area (Å²) < 4.78 is 6.10. The monoisotopic (exact) mass is 356 g/mol. The molecule has 1 N–H and O–H groups in total. The average molecular weight is 356 g/mol. The molecule has 4 atom stereocenters. The van der Waals surface area contributed by atoms with E-state index in [-0.39, 0.29) is 17.9 Å². The van der Waals surface area contributed by atoms with Gasteiger partial charge in [-0.3, -0.25) is 19.6 Å². The molecule has 2 bridgehead atoms. The fourth-order valence-electron chi connectivity index (χ4n) is 4.54. The summed E-state index contributed by atoms with van der Waals surface area (Å²) in [5.74, 6) is -1.17. The number of fused-ring (bicyclic) bond motifs is 1. The van der Waals surface area contributed by atoms with Crippen molar-refractivity contribution in [1.82, 2.24) is 19.8 Å². The van der Waals surface area contributed by atoms with Gasteiger partial charge in [-0.05, 0) is 6.92 Å². The Kier molecular flexibility index (Phi) is 3.27. The van der Waals surface area contributed by atoms with Crippen LogP contribution in [0.15, 0.2) is 24.5 Å². The zero-order valence-electron chi connectivity index (χ0n) is 14.4. The number of β-amino-alcohol motifs (C(OH)–C–C–N with tert-alkyl or cyclic N) is 1. The number of carbonyl (C=O) groups is 2. The normalized spacial score (nSPS) is 35.2. The van der Waals surface area contributed by atoms with Gasteiger partial charge in [0.05, 0.1) is 54.7 Å². The van der Waals surface area contributed by atoms with Gasteiger partial charge < -0.3 is 19.6 Å². The largest absolute Gasteiger partial charge is 0.389 e. The number of nitrogens with zero attached hydrogens (tertiary/aromatic N) is 4. The number of aliphatic hydroxyl groups is 1. The smallest absolute Gasteiger partial charge is 0.230 e. The van der Waals surface area contributed by atoms with Crippen molar-refractivity contribution in [3.8, 4) is 0 Å². The minimum atomic E-state index is -0.719. The first kappa shape index (κ1) is 15.9. The van der Waals surface area contributed by atoms with Gasteiger partial charge >= 0.3 is 0 Å². The zero-order chi connectivity index (χ0) is 18.1. The molecular weight excluding hydrogens is 336 g/mol. The number of hydrogen-bond acceptors (Lipinski definition) is 6. The molecule has 0 aliphatic carbocycles. The van der Waals surface area contributed by atoms with Crippen molar-refractivity contribution in [2.75, 3.05) is 19.6 Å². The first-order valence-electron chi connectivity index (χ1n) is 8.87. The molecule has 1 spiro atoms. The van der Waals surface area contributed by atoms with E-state index in [1.807, 2.05) is 19.1 Å². The van der Waals surface area contributed by atoms with Crippen molar-refractivity contribution in [3.05, 3.63) is 35.9 Å². The number of carbonyl (C=O) groups excluding carboxylic acids is 2. The van der Waals surface area contributed by atoms with E-state index < -0.39 is 23.5 Å². The lowest BCUT2D eigenvalue weighted by atomic mass is 9.76. The Morgan fingerprint density at radius 2 is 2.19 bits per heavy atom. The number of hydrogen-bond donors (Lipinski definition) is 1. The van der Waals surface area contributed by atoms with E-state index in [1.54, 1.807) is 22.2 Å². The number of aryl methyl sites for hydroxylation is 1. The Morgan fingerprint density at radius 1 is 1.38 bits per heavy atom. The van der Waals surface area contributed by atoms with Gasteiger partial charge in [0.15, 0.2) is 0 Å². The number of likely N-dealkylation sites (tertiary alicyclic amines) is 2. The molecule has 4 aliphatic rings. The average Bonchev–Trinajstić information content (AvgIpc) is 3.22. The van der Waals surface area contributed by atoms with Crippen LogP contribution in [0.5, 0.6) is 0 Å². The third-order valence-corrected chi connectivity index (χ3v) is 5.83. The first-order chi connectivity index (χ1) is 12.5. The minimum Gasteiger partial charge on any atom is -0.389 e. The third-order valence-electron chi connectivity index (χ3n) is 5.83. The first-order valence-corrected chi connectivity index (χ1v) is 8.87. The number of aliphatic hydroxyl groups excluding tert-OH is 1. The molecule has 4 aliphatic heterocycles. The molecule has 0 aromatic carbocycles. The van der Waals surface area contributed by atoms with Crippen molar-refractivity contribution in [1.29, 1.82) is 0 Å². The minimum absolute atomic E-state index is 0.0707. The molecule has 5 rings (SSSR count). The number of aromatic nitrogens is 2. The van der Waals surface area contributed by atoms with Crippen LogP contribution in [0.4, 0.5) is 0 Å². The summed E-state index contributed by atoms with van der Waals surface area (Å²) in [4.78, 5) is 37.8. The van der Waals surface area contributed by atoms with E-state index in [2.05, 4.69) is 9.97 Å². The van der Waals surface area contributed by atoms with E-state index in [4.69, 9.17) is 4.74 Å². The SMILES string of the molecule is Cc1cnc(CN2C[C@]34C=C[C@H](O3)[C@H](C(=O)N3CC(O)C3)[C@@H]4C2=O)cn1. The molecule has 2 amide bonds. The zero-order valence-corrected chi connectivity index (χ0v) is 14.4. The lowest BCUT2D eigenvalue weighted by molar-refractivity contribution is -0.151. The van der Waals surface area contributed by atoms with Gasteiger partial charge in [-0.15, -0.1) is 0 Å². The van der Waals surface area contributed by atoms with Crippen LogP contribution in [0.1, 0.15) is 11.4 Å². The van der Waals surface area contributed by atoms with E-state index in [1.165, 1.54) is 0 Å². The van der Waals surface area contributed by atoms with Gasteiger partial charge in [-0.25, -0.2) is 0 Å². The number of ether oxygens (including phenoxy) is 1. The Morgan fingerprint density at radius 3 is 2.88 bits per heavy atom. The molecule has 8 heteroatoms. The van der Waals surface area contributed by atoms with Gasteiger partial charge in [-0.1, -0.05) is 12.2 Å². The van der Waals surface area contributed by atoms with Gasteiger partial charge in [0.25, 0.3) is 0 Å². The summed E-state index contributed by atoms with van der Waals surface area (Å²) in [5, 5.41) is 9.48. The molecule has 136 valence electrons. The predicted octanol–water partition coefficient (Wildman–Crippen LogP) is -0.730. The number of amides is 2. The Balaban J connectivity index is 1.38. The fourth-order valence-corrected chi connectivity index (χ4v) is 4.54. The highest BCUT2D eigenvalue weighted by atomic mass is 16.5. The van der Waals surface area contributed by atoms with Crippen LogP contribution >= 0.6 is 0 Å². The topological polar surface area (TPSA) is 95.9 Å². The molecule has 0 saturated carbocycles. The maximum atomic E-state index is 13.1. The van der Waals surface area contributed by atoms with Crippen LogP contribution in [-0.4, -0.2) is 74.1 Å². The van der Waals surface area contributed by atoms with E-state index in [9.17, 15) is 14.7 Å². The van der Waals surface area contributed by atoms with Crippen molar-refractivity contribution >= 4 is 11.8 Å². The summed E-state index contributed by atoms with van der Waals surface area (Å²) in [6.45, 7) is 3.31. The molecule has 3 fully saturated rings. The summed E-state index contributed by atoms with van der Waals surface area (Å²) in [6, 6.07) is 0. The second-order valence-corrected chi connectivity index (χ2v) is 7.64. The highest BCUT2D eigenvalue weighted by Gasteiger charge is 2.67. The van der Waals surface area contributed by atoms with E-state index in [0.717, 1.165) is 5.69 Å². The molecular formula is C18H20N4O4. The molecule has 1 aromatic rings. The van der Waals surface area contributed by atoms with E-state index in [0.29, 0.717) is 31.9 Å². The van der Waals surface area contributed by atoms with Gasteiger partial charge in [0.1, 0.15) is 5.60 Å². The van der Waals surface area contributed by atoms with Crippen LogP contribution in [-0.2, 0) is 20.9 Å². The summed E-state index contributed by atoms with van der Waals surface area (Å²) in [5.41, 5.74) is 0.820. The summed E-state index contributed by atoms with van der Waals surface area (Å²) >= 11 is 0. The van der Waals surface area contributed by atoms with Crippen molar-refractivity contribution in [2.24, 2.45) is 11.8 Å². The molecule has 26 heavy (non-hydrogen) atoms. The quantitative estimate of drug-likeness (QED) is 0.718. The molecule has 5 heterocycles. The second kappa shape index (κ2) is 5.34. The third kappa shape index (κ3) is 2.15. The van der Waals surface area contributed by atoms with Crippen molar-refractivity contribution < 1.29 is 19.4 Å². The van der Waals surface area contributed by atoms with Gasteiger partial charge in [0.2, 0.25) is 11.8 Å². The van der Waals surface area contributed by atoms with Crippen LogP contribution in [0.25, 0.3) is 0 Å². The summed E-state index contributed by atoms with van der Waals surface area (Å²) in [7, 11) is 0. The van der Waals surface area contributed by atoms with Gasteiger partial charge in [0, 0.05) is 19.3 Å². The fraction of sp³-hybridized carbons (Fsp3) is 0.556. The second-order valence-electron chi connectivity index (χ2n) is 7.64. The molecule has 0 radical (unpaired) electrons. The maximum absolute atomic E-state index is 13.1. The van der Waals surface area contributed by atoms with Crippen molar-refractivity contribution in [2.45, 2.75) is 31.3 Å². The Bertz CT molecular complexity index is 804. The molecule has 0 unspecified atom stereocenters. The highest BCUT2D eigenvalue weighted by molar-refractivity contribution is 5.93. The molecule has 3 saturated heterocycles. The van der Waals surface area contributed by atoms with Crippen LogP contribution in [0.2, 0.25) is 0 Å². The highest BCUT2D eigenvalue weighted by Crippen LogP contribution is 2.52. The lowest BCUT2D eigenvalue weighted by Gasteiger charge is -2.39. The Labute approximate surface area is 150 Å². The summed E-state index contributed by atoms with van der Waals surface area (Å²) in [6.07, 6.45) is 6.38. The lowest BCUT2D eigenvalue weighted by Crippen LogP contribution is -2.57. The van der Waals surface area contributed by atoms with Crippen molar-refractivity contribution in [3.63, 3.8) is 0 Å². The molecule has 1 aromatic heterocycles. The van der Waals surface area contributed by atoms with Gasteiger partial charge in [-0.2, -0.15) is 0 Å². The van der Waals surface area contributed by atoms with Crippen LogP contribution in [0.3, 0.4) is 0 Å². The molecule has 8 nitrogen and oxygen atoms in total. The van der Waals surface area contributed by atoms with E-state index >= 15 is 0 Å².